The third-order valence-electron chi connectivity index (χ3n) is 5.27. The molecule has 172 valence electrons. The third kappa shape index (κ3) is 6.68. The lowest BCUT2D eigenvalue weighted by Gasteiger charge is -2.21. The van der Waals surface area contributed by atoms with Crippen molar-refractivity contribution >= 4 is 23.2 Å². The Morgan fingerprint density at radius 3 is 2.73 bits per heavy atom. The highest BCUT2D eigenvalue weighted by atomic mass is 35.5. The number of amides is 1. The molecule has 0 saturated carbocycles. The summed E-state index contributed by atoms with van der Waals surface area (Å²) < 4.78 is 11.7. The standard InChI is InChI=1S/C25H26ClN3O4/c26-23-11-6-12-24(28-23)33-20-13-14-29(16-20)15-19(30)17-32-22-10-5-4-9-21(22)25(31)27-18-7-2-1-3-8-18/h1-12,19-20,30H,13-17H2,(H,27,31). The number of hydrogen-bond donors (Lipinski definition) is 2. The van der Waals surface area contributed by atoms with Crippen LogP contribution < -0.4 is 14.8 Å². The van der Waals surface area contributed by atoms with Crippen LogP contribution in [0.3, 0.4) is 0 Å². The molecule has 2 heterocycles. The van der Waals surface area contributed by atoms with Gasteiger partial charge in [0.25, 0.3) is 5.91 Å². The number of aliphatic hydroxyl groups excluding tert-OH is 1. The maximum atomic E-state index is 12.7. The third-order valence-corrected chi connectivity index (χ3v) is 5.48. The minimum Gasteiger partial charge on any atom is -0.490 e. The zero-order valence-corrected chi connectivity index (χ0v) is 18.8. The summed E-state index contributed by atoms with van der Waals surface area (Å²) in [5.74, 6) is 0.670. The monoisotopic (exact) mass is 467 g/mol. The van der Waals surface area contributed by atoms with Crippen LogP contribution in [0.2, 0.25) is 5.15 Å². The maximum Gasteiger partial charge on any atom is 0.259 e. The number of β-amino-alcohol motifs (C(OH)–C–C–N with tert-alkyl or cyclic N) is 1. The predicted octanol–water partition coefficient (Wildman–Crippen LogP) is 3.88. The largest absolute Gasteiger partial charge is 0.490 e. The van der Waals surface area contributed by atoms with Crippen LogP contribution in [-0.4, -0.2) is 59.3 Å². The fourth-order valence-corrected chi connectivity index (χ4v) is 3.88. The SMILES string of the molecule is O=C(Nc1ccccc1)c1ccccc1OCC(O)CN1CCC(Oc2cccc(Cl)n2)C1. The van der Waals surface area contributed by atoms with Crippen molar-refractivity contribution in [3.8, 4) is 11.6 Å². The first-order valence-electron chi connectivity index (χ1n) is 10.8. The Labute approximate surface area is 197 Å². The van der Waals surface area contributed by atoms with Gasteiger partial charge in [0.2, 0.25) is 5.88 Å². The van der Waals surface area contributed by atoms with E-state index in [0.717, 1.165) is 13.0 Å². The molecule has 4 rings (SSSR count). The van der Waals surface area contributed by atoms with Gasteiger partial charge in [-0.2, -0.15) is 0 Å². The van der Waals surface area contributed by atoms with Gasteiger partial charge in [-0.1, -0.05) is 48.0 Å². The van der Waals surface area contributed by atoms with Gasteiger partial charge in [0, 0.05) is 31.4 Å². The number of rotatable bonds is 9. The molecule has 1 fully saturated rings. The van der Waals surface area contributed by atoms with Gasteiger partial charge >= 0.3 is 0 Å². The lowest BCUT2D eigenvalue weighted by Crippen LogP contribution is -2.35. The lowest BCUT2D eigenvalue weighted by atomic mass is 10.2. The van der Waals surface area contributed by atoms with Crippen molar-refractivity contribution in [2.45, 2.75) is 18.6 Å². The van der Waals surface area contributed by atoms with Gasteiger partial charge < -0.3 is 19.9 Å². The molecule has 1 saturated heterocycles. The van der Waals surface area contributed by atoms with Crippen molar-refractivity contribution in [3.05, 3.63) is 83.5 Å². The van der Waals surface area contributed by atoms with Crippen LogP contribution in [0.15, 0.2) is 72.8 Å². The summed E-state index contributed by atoms with van der Waals surface area (Å²) in [5.41, 5.74) is 1.12. The highest BCUT2D eigenvalue weighted by Crippen LogP contribution is 2.21. The molecule has 1 aliphatic heterocycles. The topological polar surface area (TPSA) is 83.9 Å². The number of nitrogens with one attached hydrogen (secondary N) is 1. The number of aromatic nitrogens is 1. The summed E-state index contributed by atoms with van der Waals surface area (Å²) in [6.07, 6.45) is 0.120. The van der Waals surface area contributed by atoms with E-state index in [2.05, 4.69) is 15.2 Å². The van der Waals surface area contributed by atoms with E-state index >= 15 is 0 Å². The summed E-state index contributed by atoms with van der Waals surface area (Å²) in [6.45, 7) is 2.01. The van der Waals surface area contributed by atoms with Crippen molar-refractivity contribution in [1.29, 1.82) is 0 Å². The molecule has 0 spiro atoms. The number of halogens is 1. The van der Waals surface area contributed by atoms with Gasteiger partial charge in [-0.15, -0.1) is 0 Å². The van der Waals surface area contributed by atoms with Gasteiger partial charge in [0.15, 0.2) is 0 Å². The van der Waals surface area contributed by atoms with E-state index in [1.165, 1.54) is 0 Å². The van der Waals surface area contributed by atoms with Gasteiger partial charge in [0.1, 0.15) is 29.7 Å². The van der Waals surface area contributed by atoms with Crippen molar-refractivity contribution < 1.29 is 19.4 Å². The average molecular weight is 468 g/mol. The normalized spacial score (nSPS) is 16.8. The molecular formula is C25H26ClN3O4. The first-order chi connectivity index (χ1) is 16.1. The Morgan fingerprint density at radius 2 is 1.91 bits per heavy atom. The molecular weight excluding hydrogens is 442 g/mol. The number of carbonyl (C=O) groups excluding carboxylic acids is 1. The molecule has 2 atom stereocenters. The molecule has 2 unspecified atom stereocenters. The quantitative estimate of drug-likeness (QED) is 0.465. The van der Waals surface area contributed by atoms with E-state index in [0.29, 0.717) is 41.1 Å². The first-order valence-corrected chi connectivity index (χ1v) is 11.2. The molecule has 2 aromatic carbocycles. The van der Waals surface area contributed by atoms with Gasteiger partial charge in [0.05, 0.1) is 5.56 Å². The minimum atomic E-state index is -0.710. The number of para-hydroxylation sites is 2. The van der Waals surface area contributed by atoms with Gasteiger partial charge in [-0.3, -0.25) is 9.69 Å². The number of ether oxygens (including phenoxy) is 2. The summed E-state index contributed by atoms with van der Waals surface area (Å²) in [7, 11) is 0. The molecule has 8 heteroatoms. The van der Waals surface area contributed by atoms with E-state index in [9.17, 15) is 9.90 Å². The van der Waals surface area contributed by atoms with Crippen LogP contribution in [-0.2, 0) is 0 Å². The van der Waals surface area contributed by atoms with Crippen molar-refractivity contribution in [2.75, 3.05) is 31.6 Å². The molecule has 3 aromatic rings. The second-order valence-electron chi connectivity index (χ2n) is 7.87. The van der Waals surface area contributed by atoms with Crippen molar-refractivity contribution in [2.24, 2.45) is 0 Å². The molecule has 1 amide bonds. The molecule has 1 aromatic heterocycles. The highest BCUT2D eigenvalue weighted by molar-refractivity contribution is 6.29. The summed E-state index contributed by atoms with van der Waals surface area (Å²) in [6, 6.07) is 21.5. The number of anilines is 1. The fourth-order valence-electron chi connectivity index (χ4n) is 3.72. The molecule has 0 bridgehead atoms. The molecule has 1 aliphatic rings. The number of benzene rings is 2. The maximum absolute atomic E-state index is 12.7. The van der Waals surface area contributed by atoms with Crippen LogP contribution >= 0.6 is 11.6 Å². The number of nitrogens with zero attached hydrogens (tertiary/aromatic N) is 2. The molecule has 2 N–H and O–H groups in total. The van der Waals surface area contributed by atoms with Crippen LogP contribution in [0, 0.1) is 0 Å². The number of likely N-dealkylation sites (tertiary alicyclic amines) is 1. The number of pyridine rings is 1. The van der Waals surface area contributed by atoms with E-state index in [-0.39, 0.29) is 18.6 Å². The number of carbonyl (C=O) groups is 1. The van der Waals surface area contributed by atoms with E-state index < -0.39 is 6.10 Å². The molecule has 33 heavy (non-hydrogen) atoms. The molecule has 0 aliphatic carbocycles. The molecule has 7 nitrogen and oxygen atoms in total. The Bertz CT molecular complexity index is 1070. The van der Waals surface area contributed by atoms with E-state index in [4.69, 9.17) is 21.1 Å². The van der Waals surface area contributed by atoms with E-state index in [1.807, 2.05) is 30.3 Å². The zero-order chi connectivity index (χ0) is 23.0. The predicted molar refractivity (Wildman–Crippen MR) is 127 cm³/mol. The smallest absolute Gasteiger partial charge is 0.259 e. The first kappa shape index (κ1) is 23.0. The zero-order valence-electron chi connectivity index (χ0n) is 18.1. The Morgan fingerprint density at radius 1 is 1.12 bits per heavy atom. The summed E-state index contributed by atoms with van der Waals surface area (Å²) >= 11 is 5.91. The average Bonchev–Trinajstić information content (AvgIpc) is 3.25. The van der Waals surface area contributed by atoms with Crippen LogP contribution in [0.5, 0.6) is 11.6 Å². The van der Waals surface area contributed by atoms with Crippen molar-refractivity contribution in [1.82, 2.24) is 9.88 Å². The van der Waals surface area contributed by atoms with E-state index in [1.54, 1.807) is 42.5 Å². The number of aliphatic hydroxyl groups is 1. The fraction of sp³-hybridized carbons (Fsp3) is 0.280. The summed E-state index contributed by atoms with van der Waals surface area (Å²) in [4.78, 5) is 19.0. The second-order valence-corrected chi connectivity index (χ2v) is 8.26. The van der Waals surface area contributed by atoms with Crippen LogP contribution in [0.1, 0.15) is 16.8 Å². The Kier molecular flexibility index (Phi) is 7.78. The second kappa shape index (κ2) is 11.1. The Balaban J connectivity index is 1.26. The minimum absolute atomic E-state index is 0.00788. The number of hydrogen-bond acceptors (Lipinski definition) is 6. The Hall–Kier alpha value is -3.13. The highest BCUT2D eigenvalue weighted by Gasteiger charge is 2.26. The lowest BCUT2D eigenvalue weighted by molar-refractivity contribution is 0.0710. The summed E-state index contributed by atoms with van der Waals surface area (Å²) in [5, 5.41) is 13.8. The molecule has 0 radical (unpaired) electrons. The van der Waals surface area contributed by atoms with Gasteiger partial charge in [-0.25, -0.2) is 4.98 Å². The van der Waals surface area contributed by atoms with Crippen LogP contribution in [0.4, 0.5) is 5.69 Å². The van der Waals surface area contributed by atoms with Crippen molar-refractivity contribution in [3.63, 3.8) is 0 Å². The van der Waals surface area contributed by atoms with Gasteiger partial charge in [-0.05, 0) is 36.8 Å². The van der Waals surface area contributed by atoms with Crippen LogP contribution in [0.25, 0.3) is 0 Å².